The molecule has 0 bridgehead atoms. The van der Waals surface area contributed by atoms with Crippen molar-refractivity contribution in [3.05, 3.63) is 97.2 Å². The van der Waals surface area contributed by atoms with Crippen LogP contribution in [-0.4, -0.2) is 37.2 Å². The van der Waals surface area contributed by atoms with E-state index >= 15 is 0 Å². The summed E-state index contributed by atoms with van der Waals surface area (Å²) in [5, 5.41) is 0. The maximum absolute atomic E-state index is 12.8. The molecule has 0 saturated heterocycles. The summed E-state index contributed by atoms with van der Waals surface area (Å²) in [5.74, 6) is -0.975. The molecule has 0 aromatic carbocycles. The van der Waals surface area contributed by atoms with Crippen LogP contribution in [0.25, 0.3) is 0 Å². The summed E-state index contributed by atoms with van der Waals surface area (Å²) in [4.78, 5) is 38.0. The molecule has 0 aromatic rings. The number of carbonyl (C=O) groups excluding carboxylic acids is 3. The second-order valence-electron chi connectivity index (χ2n) is 21.3. The van der Waals surface area contributed by atoms with Gasteiger partial charge in [-0.2, -0.15) is 0 Å². The molecule has 6 heteroatoms. The van der Waals surface area contributed by atoms with Crippen LogP contribution >= 0.6 is 0 Å². The van der Waals surface area contributed by atoms with Gasteiger partial charge in [0.15, 0.2) is 6.10 Å². The molecule has 0 saturated carbocycles. The standard InChI is InChI=1S/C70H120O6/c1-4-7-10-13-16-19-22-24-25-26-27-28-29-30-31-32-33-34-35-36-37-38-39-40-41-42-43-44-45-47-48-51-54-57-60-63-69(72)75-66-67(65-74-68(71)62-59-56-53-50-21-18-15-12-9-6-3)76-70(73)64-61-58-55-52-49-46-23-20-17-14-11-8-5-2/h7-8,10-11,16-17,19-20,24-25,27-28,46,49,55,58,67H,4-6,9,12-15,18,21-23,26,29-45,47-48,50-54,56-57,59-66H2,1-3H3/b10-7-,11-8-,19-16-,20-17-,25-24-,28-27-,49-46-,58-55-. The molecule has 0 aliphatic heterocycles. The Kier molecular flexibility index (Phi) is 60.8. The molecule has 1 atom stereocenters. The number of esters is 3. The summed E-state index contributed by atoms with van der Waals surface area (Å²) in [6.07, 6.45) is 86.1. The SMILES string of the molecule is CC/C=C\C/C=C\C/C=C\C/C=C\CCCCCCCCCCCCCCCCCCCCCCCCC(=O)OCC(COC(=O)CCCCCCCCCCCC)OC(=O)CC/C=C\C/C=C\C/C=C\C/C=C\CC. The van der Waals surface area contributed by atoms with Crippen molar-refractivity contribution in [2.75, 3.05) is 13.2 Å². The molecule has 0 aromatic heterocycles. The highest BCUT2D eigenvalue weighted by atomic mass is 16.6. The van der Waals surface area contributed by atoms with E-state index in [1.807, 2.05) is 6.08 Å². The van der Waals surface area contributed by atoms with Crippen LogP contribution in [0.15, 0.2) is 97.2 Å². The van der Waals surface area contributed by atoms with Gasteiger partial charge in [-0.15, -0.1) is 0 Å². The smallest absolute Gasteiger partial charge is 0.306 e. The van der Waals surface area contributed by atoms with E-state index in [1.165, 1.54) is 173 Å². The Bertz CT molecular complexity index is 1490. The summed E-state index contributed by atoms with van der Waals surface area (Å²) < 4.78 is 16.8. The van der Waals surface area contributed by atoms with Gasteiger partial charge in [-0.3, -0.25) is 14.4 Å². The molecular weight excluding hydrogens is 937 g/mol. The lowest BCUT2D eigenvalue weighted by Crippen LogP contribution is -2.30. The first-order valence-corrected chi connectivity index (χ1v) is 32.2. The molecule has 0 spiro atoms. The first-order valence-electron chi connectivity index (χ1n) is 32.2. The Morgan fingerprint density at radius 2 is 0.539 bits per heavy atom. The van der Waals surface area contributed by atoms with Crippen molar-refractivity contribution in [3.63, 3.8) is 0 Å². The van der Waals surface area contributed by atoms with Crippen LogP contribution in [-0.2, 0) is 28.6 Å². The van der Waals surface area contributed by atoms with E-state index in [0.717, 1.165) is 89.9 Å². The topological polar surface area (TPSA) is 78.9 Å². The van der Waals surface area contributed by atoms with E-state index in [1.54, 1.807) is 0 Å². The average molecular weight is 1060 g/mol. The molecule has 0 heterocycles. The van der Waals surface area contributed by atoms with Gasteiger partial charge in [0.25, 0.3) is 0 Å². The predicted molar refractivity (Wildman–Crippen MR) is 330 cm³/mol. The lowest BCUT2D eigenvalue weighted by atomic mass is 10.0. The number of ether oxygens (including phenoxy) is 3. The first kappa shape index (κ1) is 72.3. The number of allylic oxidation sites excluding steroid dienone is 16. The minimum atomic E-state index is -0.811. The van der Waals surface area contributed by atoms with E-state index in [0.29, 0.717) is 19.3 Å². The first-order chi connectivity index (χ1) is 37.5. The van der Waals surface area contributed by atoms with E-state index in [4.69, 9.17) is 14.2 Å². The third kappa shape index (κ3) is 61.2. The number of carbonyl (C=O) groups is 3. The fourth-order valence-electron chi connectivity index (χ4n) is 9.10. The molecule has 436 valence electrons. The van der Waals surface area contributed by atoms with E-state index in [2.05, 4.69) is 112 Å². The third-order valence-electron chi connectivity index (χ3n) is 13.8. The van der Waals surface area contributed by atoms with Crippen LogP contribution in [0.4, 0.5) is 0 Å². The lowest BCUT2D eigenvalue weighted by molar-refractivity contribution is -0.166. The van der Waals surface area contributed by atoms with Crippen molar-refractivity contribution in [1.82, 2.24) is 0 Å². The highest BCUT2D eigenvalue weighted by Crippen LogP contribution is 2.17. The van der Waals surface area contributed by atoms with Crippen molar-refractivity contribution in [1.29, 1.82) is 0 Å². The van der Waals surface area contributed by atoms with Gasteiger partial charge in [0.2, 0.25) is 0 Å². The van der Waals surface area contributed by atoms with Gasteiger partial charge in [-0.1, -0.05) is 304 Å². The Morgan fingerprint density at radius 3 is 0.855 bits per heavy atom. The molecule has 76 heavy (non-hydrogen) atoms. The Hall–Kier alpha value is -3.67. The van der Waals surface area contributed by atoms with Crippen molar-refractivity contribution in [2.45, 2.75) is 316 Å². The normalized spacial score (nSPS) is 12.7. The Balaban J connectivity index is 4.03. The van der Waals surface area contributed by atoms with Crippen LogP contribution in [0.1, 0.15) is 310 Å². The second kappa shape index (κ2) is 63.9. The number of hydrogen-bond donors (Lipinski definition) is 0. The van der Waals surface area contributed by atoms with Gasteiger partial charge in [0.1, 0.15) is 13.2 Å². The number of hydrogen-bond acceptors (Lipinski definition) is 6. The highest BCUT2D eigenvalue weighted by molar-refractivity contribution is 5.71. The van der Waals surface area contributed by atoms with Crippen LogP contribution in [0.2, 0.25) is 0 Å². The molecule has 1 unspecified atom stereocenters. The summed E-state index contributed by atoms with van der Waals surface area (Å²) in [6, 6.07) is 0. The van der Waals surface area contributed by atoms with Crippen molar-refractivity contribution < 1.29 is 28.6 Å². The fraction of sp³-hybridized carbons (Fsp3) is 0.729. The van der Waals surface area contributed by atoms with Crippen molar-refractivity contribution >= 4 is 17.9 Å². The number of rotatable bonds is 58. The second-order valence-corrected chi connectivity index (χ2v) is 21.3. The van der Waals surface area contributed by atoms with Crippen LogP contribution in [0.5, 0.6) is 0 Å². The molecule has 0 fully saturated rings. The number of unbranched alkanes of at least 4 members (excludes halogenated alkanes) is 31. The largest absolute Gasteiger partial charge is 0.462 e. The Labute approximate surface area is 470 Å². The molecule has 6 nitrogen and oxygen atoms in total. The van der Waals surface area contributed by atoms with Gasteiger partial charge >= 0.3 is 17.9 Å². The minimum absolute atomic E-state index is 0.101. The lowest BCUT2D eigenvalue weighted by Gasteiger charge is -2.18. The maximum Gasteiger partial charge on any atom is 0.306 e. The third-order valence-corrected chi connectivity index (χ3v) is 13.8. The summed E-state index contributed by atoms with van der Waals surface area (Å²) >= 11 is 0. The zero-order chi connectivity index (χ0) is 55.0. The monoisotopic (exact) mass is 1060 g/mol. The quantitative estimate of drug-likeness (QED) is 0.0261. The van der Waals surface area contributed by atoms with Gasteiger partial charge in [0, 0.05) is 19.3 Å². The fourth-order valence-corrected chi connectivity index (χ4v) is 9.10. The molecular formula is C70H120O6. The molecule has 0 N–H and O–H groups in total. The van der Waals surface area contributed by atoms with E-state index in [-0.39, 0.29) is 37.5 Å². The average Bonchev–Trinajstić information content (AvgIpc) is 3.42. The summed E-state index contributed by atoms with van der Waals surface area (Å²) in [7, 11) is 0. The summed E-state index contributed by atoms with van der Waals surface area (Å²) in [5.41, 5.74) is 0. The molecule has 0 aliphatic rings. The van der Waals surface area contributed by atoms with Crippen LogP contribution in [0.3, 0.4) is 0 Å². The molecule has 0 rings (SSSR count). The van der Waals surface area contributed by atoms with Crippen molar-refractivity contribution in [3.8, 4) is 0 Å². The zero-order valence-electron chi connectivity index (χ0n) is 50.0. The minimum Gasteiger partial charge on any atom is -0.462 e. The predicted octanol–water partition coefficient (Wildman–Crippen LogP) is 22.0. The zero-order valence-corrected chi connectivity index (χ0v) is 50.0. The van der Waals surface area contributed by atoms with Gasteiger partial charge in [-0.05, 0) is 83.5 Å². The highest BCUT2D eigenvalue weighted by Gasteiger charge is 2.19. The van der Waals surface area contributed by atoms with Gasteiger partial charge < -0.3 is 14.2 Å². The molecule has 0 radical (unpaired) electrons. The molecule has 0 amide bonds. The molecule has 0 aliphatic carbocycles. The van der Waals surface area contributed by atoms with Crippen molar-refractivity contribution in [2.24, 2.45) is 0 Å². The van der Waals surface area contributed by atoms with E-state index < -0.39 is 6.10 Å². The van der Waals surface area contributed by atoms with Crippen LogP contribution in [0, 0.1) is 0 Å². The van der Waals surface area contributed by atoms with Gasteiger partial charge in [-0.25, -0.2) is 0 Å². The summed E-state index contributed by atoms with van der Waals surface area (Å²) in [6.45, 7) is 6.36. The van der Waals surface area contributed by atoms with Gasteiger partial charge in [0.05, 0.1) is 0 Å². The maximum atomic E-state index is 12.8. The Morgan fingerprint density at radius 1 is 0.276 bits per heavy atom. The van der Waals surface area contributed by atoms with Crippen LogP contribution < -0.4 is 0 Å². The van der Waals surface area contributed by atoms with E-state index in [9.17, 15) is 14.4 Å².